The molecule has 0 atom stereocenters. The van der Waals surface area contributed by atoms with E-state index in [0.29, 0.717) is 17.7 Å². The molecule has 0 aliphatic heterocycles. The van der Waals surface area contributed by atoms with Crippen molar-refractivity contribution in [1.82, 2.24) is 5.32 Å². The Balaban J connectivity index is 2.77. The van der Waals surface area contributed by atoms with Crippen LogP contribution in [0.25, 0.3) is 0 Å². The molecule has 0 fully saturated rings. The van der Waals surface area contributed by atoms with Gasteiger partial charge in [-0.15, -0.1) is 0 Å². The van der Waals surface area contributed by atoms with Gasteiger partial charge in [0.2, 0.25) is 10.0 Å². The van der Waals surface area contributed by atoms with Crippen LogP contribution >= 0.6 is 0 Å². The van der Waals surface area contributed by atoms with Crippen LogP contribution in [0.3, 0.4) is 0 Å². The number of hydrogen-bond acceptors (Lipinski definition) is 3. The van der Waals surface area contributed by atoms with Crippen molar-refractivity contribution in [3.05, 3.63) is 29.8 Å². The van der Waals surface area contributed by atoms with Gasteiger partial charge in [0.1, 0.15) is 0 Å². The Morgan fingerprint density at radius 1 is 1.15 bits per heavy atom. The van der Waals surface area contributed by atoms with Crippen LogP contribution in [0.15, 0.2) is 24.3 Å². The Bertz CT molecular complexity index is 557. The lowest BCUT2D eigenvalue weighted by molar-refractivity contribution is 0.0919. The van der Waals surface area contributed by atoms with Gasteiger partial charge in [-0.2, -0.15) is 0 Å². The highest BCUT2D eigenvalue weighted by molar-refractivity contribution is 7.92. The standard InChI is InChI=1S/C14H22N2O3S/c1-5-10-20(18,19)16-12-8-6-11(7-9-12)13(17)15-14(2,3)4/h6-9,16H,5,10H2,1-4H3,(H,15,17). The number of rotatable bonds is 5. The molecule has 0 aliphatic carbocycles. The molecule has 2 N–H and O–H groups in total. The van der Waals surface area contributed by atoms with Crippen molar-refractivity contribution >= 4 is 21.6 Å². The van der Waals surface area contributed by atoms with Crippen molar-refractivity contribution < 1.29 is 13.2 Å². The Morgan fingerprint density at radius 3 is 2.15 bits per heavy atom. The smallest absolute Gasteiger partial charge is 0.251 e. The van der Waals surface area contributed by atoms with E-state index in [4.69, 9.17) is 0 Å². The van der Waals surface area contributed by atoms with E-state index in [1.165, 1.54) is 0 Å². The summed E-state index contributed by atoms with van der Waals surface area (Å²) in [5, 5.41) is 2.85. The largest absolute Gasteiger partial charge is 0.347 e. The van der Waals surface area contributed by atoms with Crippen molar-refractivity contribution in [2.45, 2.75) is 39.7 Å². The summed E-state index contributed by atoms with van der Waals surface area (Å²) in [6.45, 7) is 7.51. The number of benzene rings is 1. The summed E-state index contributed by atoms with van der Waals surface area (Å²) >= 11 is 0. The molecule has 1 rings (SSSR count). The number of sulfonamides is 1. The molecular weight excluding hydrogens is 276 g/mol. The highest BCUT2D eigenvalue weighted by atomic mass is 32.2. The van der Waals surface area contributed by atoms with E-state index in [1.807, 2.05) is 20.8 Å². The molecule has 1 aromatic carbocycles. The van der Waals surface area contributed by atoms with Crippen molar-refractivity contribution in [3.63, 3.8) is 0 Å². The van der Waals surface area contributed by atoms with Crippen LogP contribution < -0.4 is 10.0 Å². The SMILES string of the molecule is CCCS(=O)(=O)Nc1ccc(C(=O)NC(C)(C)C)cc1. The van der Waals surface area contributed by atoms with Crippen LogP contribution in [0.5, 0.6) is 0 Å². The maximum atomic E-state index is 11.9. The number of nitrogens with one attached hydrogen (secondary N) is 2. The van der Waals surface area contributed by atoms with Crippen molar-refractivity contribution in [2.75, 3.05) is 10.5 Å². The van der Waals surface area contributed by atoms with Crippen molar-refractivity contribution in [2.24, 2.45) is 0 Å². The number of amides is 1. The summed E-state index contributed by atoms with van der Waals surface area (Å²) < 4.78 is 25.7. The van der Waals surface area contributed by atoms with Gasteiger partial charge in [-0.25, -0.2) is 8.42 Å². The Labute approximate surface area is 120 Å². The second kappa shape index (κ2) is 6.26. The van der Waals surface area contributed by atoms with E-state index < -0.39 is 10.0 Å². The molecule has 1 amide bonds. The number of carbonyl (C=O) groups is 1. The molecule has 0 radical (unpaired) electrons. The lowest BCUT2D eigenvalue weighted by Crippen LogP contribution is -2.40. The normalized spacial score (nSPS) is 12.0. The Kier molecular flexibility index (Phi) is 5.16. The van der Waals surface area contributed by atoms with Crippen LogP contribution in [0.4, 0.5) is 5.69 Å². The quantitative estimate of drug-likeness (QED) is 0.876. The molecule has 0 aromatic heterocycles. The van der Waals surface area contributed by atoms with Crippen LogP contribution in [0.1, 0.15) is 44.5 Å². The van der Waals surface area contributed by atoms with Gasteiger partial charge < -0.3 is 5.32 Å². The zero-order valence-corrected chi connectivity index (χ0v) is 13.2. The first-order chi connectivity index (χ1) is 9.13. The van der Waals surface area contributed by atoms with Gasteiger partial charge in [0.25, 0.3) is 5.91 Å². The fourth-order valence-corrected chi connectivity index (χ4v) is 2.74. The second-order valence-corrected chi connectivity index (χ2v) is 7.54. The van der Waals surface area contributed by atoms with E-state index >= 15 is 0 Å². The maximum absolute atomic E-state index is 11.9. The van der Waals surface area contributed by atoms with Gasteiger partial charge in [0.15, 0.2) is 0 Å². The summed E-state index contributed by atoms with van der Waals surface area (Å²) in [5.74, 6) is -0.0975. The lowest BCUT2D eigenvalue weighted by Gasteiger charge is -2.20. The fraction of sp³-hybridized carbons (Fsp3) is 0.500. The third-order valence-corrected chi connectivity index (χ3v) is 3.87. The van der Waals surface area contributed by atoms with Gasteiger partial charge in [-0.1, -0.05) is 6.92 Å². The lowest BCUT2D eigenvalue weighted by atomic mass is 10.1. The van der Waals surface area contributed by atoms with Gasteiger partial charge in [0.05, 0.1) is 5.75 Å². The van der Waals surface area contributed by atoms with E-state index in [-0.39, 0.29) is 17.2 Å². The van der Waals surface area contributed by atoms with E-state index in [2.05, 4.69) is 10.0 Å². The summed E-state index contributed by atoms with van der Waals surface area (Å²) in [5.41, 5.74) is 0.655. The predicted octanol–water partition coefficient (Wildman–Crippen LogP) is 2.37. The monoisotopic (exact) mass is 298 g/mol. The third-order valence-electron chi connectivity index (χ3n) is 2.38. The van der Waals surface area contributed by atoms with E-state index in [0.717, 1.165) is 0 Å². The number of anilines is 1. The van der Waals surface area contributed by atoms with Crippen LogP contribution in [-0.4, -0.2) is 25.6 Å². The summed E-state index contributed by atoms with van der Waals surface area (Å²) in [6, 6.07) is 6.38. The molecule has 0 heterocycles. The first-order valence-electron chi connectivity index (χ1n) is 6.56. The van der Waals surface area contributed by atoms with Crippen molar-refractivity contribution in [3.8, 4) is 0 Å². The fourth-order valence-electron chi connectivity index (χ4n) is 1.60. The van der Waals surface area contributed by atoms with Gasteiger partial charge in [-0.05, 0) is 51.5 Å². The molecule has 112 valence electrons. The van der Waals surface area contributed by atoms with Gasteiger partial charge >= 0.3 is 0 Å². The molecule has 5 nitrogen and oxygen atoms in total. The zero-order chi connectivity index (χ0) is 15.4. The molecular formula is C14H22N2O3S. The molecule has 0 spiro atoms. The highest BCUT2D eigenvalue weighted by Crippen LogP contribution is 2.13. The molecule has 0 saturated carbocycles. The number of hydrogen-bond donors (Lipinski definition) is 2. The summed E-state index contributed by atoms with van der Waals surface area (Å²) in [6.07, 6.45) is 0.557. The molecule has 0 bridgehead atoms. The molecule has 0 aliphatic rings. The minimum absolute atomic E-state index is 0.0826. The first-order valence-corrected chi connectivity index (χ1v) is 8.21. The van der Waals surface area contributed by atoms with E-state index in [1.54, 1.807) is 31.2 Å². The minimum atomic E-state index is -3.30. The summed E-state index contributed by atoms with van der Waals surface area (Å²) in [4.78, 5) is 11.9. The molecule has 20 heavy (non-hydrogen) atoms. The molecule has 0 saturated heterocycles. The van der Waals surface area contributed by atoms with Gasteiger partial charge in [-0.3, -0.25) is 9.52 Å². The summed E-state index contributed by atoms with van der Waals surface area (Å²) in [7, 11) is -3.30. The van der Waals surface area contributed by atoms with Gasteiger partial charge in [0, 0.05) is 16.8 Å². The molecule has 6 heteroatoms. The maximum Gasteiger partial charge on any atom is 0.251 e. The molecule has 0 unspecified atom stereocenters. The van der Waals surface area contributed by atoms with Crippen molar-refractivity contribution in [1.29, 1.82) is 0 Å². The third kappa shape index (κ3) is 5.61. The highest BCUT2D eigenvalue weighted by Gasteiger charge is 2.15. The number of carbonyl (C=O) groups excluding carboxylic acids is 1. The zero-order valence-electron chi connectivity index (χ0n) is 12.4. The minimum Gasteiger partial charge on any atom is -0.347 e. The topological polar surface area (TPSA) is 75.3 Å². The second-order valence-electron chi connectivity index (χ2n) is 5.70. The first kappa shape index (κ1) is 16.5. The molecule has 1 aromatic rings. The Hall–Kier alpha value is -1.56. The van der Waals surface area contributed by atoms with Crippen LogP contribution in [-0.2, 0) is 10.0 Å². The average molecular weight is 298 g/mol. The van der Waals surface area contributed by atoms with Crippen LogP contribution in [0, 0.1) is 0 Å². The predicted molar refractivity (Wildman–Crippen MR) is 81.4 cm³/mol. The van der Waals surface area contributed by atoms with E-state index in [9.17, 15) is 13.2 Å². The average Bonchev–Trinajstić information content (AvgIpc) is 2.26. The van der Waals surface area contributed by atoms with Crippen LogP contribution in [0.2, 0.25) is 0 Å². The Morgan fingerprint density at radius 2 is 1.70 bits per heavy atom.